The number of unbranched alkanes of at least 4 members (excludes halogenated alkanes) is 8. The lowest BCUT2D eigenvalue weighted by atomic mass is 9.80. The predicted octanol–water partition coefficient (Wildman–Crippen LogP) is 12.7. The molecule has 3 atom stereocenters. The normalized spacial score (nSPS) is 15.1. The van der Waals surface area contributed by atoms with Crippen LogP contribution in [0.1, 0.15) is 166 Å². The van der Waals surface area contributed by atoms with Crippen LogP contribution in [0.2, 0.25) is 0 Å². The van der Waals surface area contributed by atoms with Gasteiger partial charge in [-0.2, -0.15) is 0 Å². The van der Waals surface area contributed by atoms with Crippen LogP contribution in [0, 0.1) is 23.7 Å². The third-order valence-electron chi connectivity index (χ3n) is 8.63. The Kier molecular flexibility index (Phi) is 19.8. The highest BCUT2D eigenvalue weighted by Crippen LogP contribution is 2.33. The number of rotatable bonds is 21. The van der Waals surface area contributed by atoms with Gasteiger partial charge in [-0.1, -0.05) is 128 Å². The molecule has 0 aromatic rings. The summed E-state index contributed by atoms with van der Waals surface area (Å²) < 4.78 is 0. The van der Waals surface area contributed by atoms with Crippen LogP contribution in [0.15, 0.2) is 34.4 Å². The molecule has 0 aliphatic rings. The Bertz CT molecular complexity index is 610. The predicted molar refractivity (Wildman–Crippen MR) is 163 cm³/mol. The van der Waals surface area contributed by atoms with Crippen LogP contribution in [0.4, 0.5) is 0 Å². The first-order valence-electron chi connectivity index (χ1n) is 15.5. The summed E-state index contributed by atoms with van der Waals surface area (Å²) in [5.74, 6) is 3.04. The molecule has 0 saturated carbocycles. The van der Waals surface area contributed by atoms with Crippen molar-refractivity contribution in [1.29, 1.82) is 0 Å². The van der Waals surface area contributed by atoms with Crippen molar-refractivity contribution in [3.05, 3.63) is 34.4 Å². The minimum atomic E-state index is 0.614. The van der Waals surface area contributed by atoms with Crippen molar-refractivity contribution in [1.82, 2.24) is 0 Å². The van der Waals surface area contributed by atoms with Crippen LogP contribution >= 0.6 is 0 Å². The molecule has 0 aliphatic heterocycles. The van der Waals surface area contributed by atoms with Gasteiger partial charge in [0.1, 0.15) is 0 Å². The fraction of sp³-hybridized carbons (Fsp3) is 0.829. The maximum atomic E-state index is 4.14. The molecule has 0 spiro atoms. The lowest BCUT2D eigenvalue weighted by Crippen LogP contribution is -2.12. The molecule has 206 valence electrons. The van der Waals surface area contributed by atoms with Crippen molar-refractivity contribution in [3.63, 3.8) is 0 Å². The number of hydrogen-bond acceptors (Lipinski definition) is 0. The molecule has 0 aromatic heterocycles. The van der Waals surface area contributed by atoms with E-state index < -0.39 is 0 Å². The Morgan fingerprint density at radius 1 is 0.657 bits per heavy atom. The third kappa shape index (κ3) is 16.6. The zero-order valence-corrected chi connectivity index (χ0v) is 26.1. The van der Waals surface area contributed by atoms with Crippen molar-refractivity contribution in [2.24, 2.45) is 23.7 Å². The fourth-order valence-electron chi connectivity index (χ4n) is 5.67. The molecule has 0 radical (unpaired) electrons. The molecule has 0 nitrogen and oxygen atoms in total. The molecule has 3 unspecified atom stereocenters. The smallest absolute Gasteiger partial charge is 0.0200 e. The van der Waals surface area contributed by atoms with E-state index in [1.54, 1.807) is 16.7 Å². The Morgan fingerprint density at radius 3 is 1.57 bits per heavy atom. The fourth-order valence-corrected chi connectivity index (χ4v) is 5.67. The molecule has 0 fully saturated rings. The summed E-state index contributed by atoms with van der Waals surface area (Å²) in [6.07, 6.45) is 20.9. The summed E-state index contributed by atoms with van der Waals surface area (Å²) in [4.78, 5) is 0. The van der Waals surface area contributed by atoms with Gasteiger partial charge in [-0.15, -0.1) is 6.58 Å². The second-order valence-corrected chi connectivity index (χ2v) is 12.7. The summed E-state index contributed by atoms with van der Waals surface area (Å²) in [5, 5.41) is 0. The summed E-state index contributed by atoms with van der Waals surface area (Å²) in [6, 6.07) is 0. The van der Waals surface area contributed by atoms with Gasteiger partial charge in [0.25, 0.3) is 0 Å². The van der Waals surface area contributed by atoms with Crippen molar-refractivity contribution in [2.75, 3.05) is 0 Å². The molecule has 35 heavy (non-hydrogen) atoms. The average Bonchev–Trinajstić information content (AvgIpc) is 2.79. The van der Waals surface area contributed by atoms with Crippen LogP contribution in [-0.2, 0) is 0 Å². The standard InChI is InChI=1S/C35H66/c1-12-34(23-21-19-17-15-13-14-16-18-20-22-27(2)3)24-25-35(29(6)7)33(11)32(10)31(9)30(8)26-28(4)5/h27,30-31,34H,4,12-26H2,1-3,5-11H3/b33-32-. The molecule has 0 bridgehead atoms. The second-order valence-electron chi connectivity index (χ2n) is 12.7. The third-order valence-corrected chi connectivity index (χ3v) is 8.63. The second kappa shape index (κ2) is 20.3. The quantitative estimate of drug-likeness (QED) is 0.0859. The SMILES string of the molecule is C=C(C)CC(C)C(C)/C(C)=C(/C)C(CCC(CC)CCCCCCCCCCCC(C)C)=C(C)C. The Labute approximate surface area is 223 Å². The molecule has 0 N–H and O–H groups in total. The average molecular weight is 487 g/mol. The van der Waals surface area contributed by atoms with E-state index in [0.29, 0.717) is 11.8 Å². The number of allylic oxidation sites excluding steroid dienone is 5. The highest BCUT2D eigenvalue weighted by Gasteiger charge is 2.18. The van der Waals surface area contributed by atoms with E-state index in [4.69, 9.17) is 0 Å². The van der Waals surface area contributed by atoms with E-state index in [-0.39, 0.29) is 0 Å². The summed E-state index contributed by atoms with van der Waals surface area (Å²) >= 11 is 0. The van der Waals surface area contributed by atoms with Gasteiger partial charge in [0, 0.05) is 0 Å². The lowest BCUT2D eigenvalue weighted by molar-refractivity contribution is 0.410. The van der Waals surface area contributed by atoms with Crippen molar-refractivity contribution < 1.29 is 0 Å². The molecule has 0 aromatic carbocycles. The minimum absolute atomic E-state index is 0.614. The van der Waals surface area contributed by atoms with Gasteiger partial charge in [-0.25, -0.2) is 0 Å². The largest absolute Gasteiger partial charge is 0.100 e. The molecule has 0 amide bonds. The highest BCUT2D eigenvalue weighted by atomic mass is 14.2. The zero-order valence-electron chi connectivity index (χ0n) is 26.1. The first-order chi connectivity index (χ1) is 16.5. The van der Waals surface area contributed by atoms with Gasteiger partial charge in [-0.3, -0.25) is 0 Å². The molecular weight excluding hydrogens is 420 g/mol. The van der Waals surface area contributed by atoms with Gasteiger partial charge < -0.3 is 0 Å². The van der Waals surface area contributed by atoms with Crippen molar-refractivity contribution in [2.45, 2.75) is 166 Å². The van der Waals surface area contributed by atoms with E-state index in [1.165, 1.54) is 101 Å². The lowest BCUT2D eigenvalue weighted by Gasteiger charge is -2.25. The van der Waals surface area contributed by atoms with Gasteiger partial charge in [0.05, 0.1) is 0 Å². The Hall–Kier alpha value is -0.780. The first kappa shape index (κ1) is 34.2. The minimum Gasteiger partial charge on any atom is -0.100 e. The van der Waals surface area contributed by atoms with Crippen molar-refractivity contribution in [3.8, 4) is 0 Å². The first-order valence-corrected chi connectivity index (χ1v) is 15.5. The topological polar surface area (TPSA) is 0 Å². The maximum absolute atomic E-state index is 4.14. The van der Waals surface area contributed by atoms with Crippen LogP contribution in [0.3, 0.4) is 0 Å². The Morgan fingerprint density at radius 2 is 1.14 bits per heavy atom. The van der Waals surface area contributed by atoms with Gasteiger partial charge >= 0.3 is 0 Å². The van der Waals surface area contributed by atoms with Crippen LogP contribution in [0.5, 0.6) is 0 Å². The van der Waals surface area contributed by atoms with E-state index in [0.717, 1.165) is 18.3 Å². The van der Waals surface area contributed by atoms with Crippen LogP contribution in [-0.4, -0.2) is 0 Å². The maximum Gasteiger partial charge on any atom is -0.0200 e. The van der Waals surface area contributed by atoms with E-state index >= 15 is 0 Å². The van der Waals surface area contributed by atoms with Gasteiger partial charge in [0.15, 0.2) is 0 Å². The highest BCUT2D eigenvalue weighted by molar-refractivity contribution is 5.36. The van der Waals surface area contributed by atoms with E-state index in [9.17, 15) is 0 Å². The summed E-state index contributed by atoms with van der Waals surface area (Å²) in [7, 11) is 0. The van der Waals surface area contributed by atoms with Crippen molar-refractivity contribution >= 4 is 0 Å². The van der Waals surface area contributed by atoms with Crippen LogP contribution < -0.4 is 0 Å². The molecular formula is C35H66. The van der Waals surface area contributed by atoms with Gasteiger partial charge in [0.2, 0.25) is 0 Å². The molecule has 0 saturated heterocycles. The van der Waals surface area contributed by atoms with E-state index in [1.807, 2.05) is 0 Å². The monoisotopic (exact) mass is 487 g/mol. The van der Waals surface area contributed by atoms with E-state index in [2.05, 4.69) is 75.8 Å². The van der Waals surface area contributed by atoms with Gasteiger partial charge in [-0.05, 0) is 88.7 Å². The Balaban J connectivity index is 4.42. The summed E-state index contributed by atoms with van der Waals surface area (Å²) in [6.45, 7) is 27.6. The van der Waals surface area contributed by atoms with Crippen LogP contribution in [0.25, 0.3) is 0 Å². The molecule has 0 heteroatoms. The molecule has 0 rings (SSSR count). The molecule has 0 heterocycles. The summed E-state index contributed by atoms with van der Waals surface area (Å²) in [5.41, 5.74) is 7.59. The molecule has 0 aliphatic carbocycles. The number of hydrogen-bond donors (Lipinski definition) is 0. The zero-order chi connectivity index (χ0) is 26.8.